The second kappa shape index (κ2) is 6.19. The Labute approximate surface area is 143 Å². The number of hydrogen-bond donors (Lipinski definition) is 1. The number of benzene rings is 1. The highest BCUT2D eigenvalue weighted by atomic mass is 19.1. The summed E-state index contributed by atoms with van der Waals surface area (Å²) in [7, 11) is 1.72. The van der Waals surface area contributed by atoms with Crippen molar-refractivity contribution in [2.75, 3.05) is 23.3 Å². The van der Waals surface area contributed by atoms with Crippen molar-refractivity contribution in [1.29, 1.82) is 0 Å². The van der Waals surface area contributed by atoms with Crippen molar-refractivity contribution in [3.05, 3.63) is 46.8 Å². The van der Waals surface area contributed by atoms with E-state index in [0.717, 1.165) is 25.9 Å². The average Bonchev–Trinajstić information content (AvgIpc) is 2.99. The van der Waals surface area contributed by atoms with Gasteiger partial charge in [0.15, 0.2) is 11.4 Å². The SMILES string of the molecule is Cn1ccnc(N2CCC(Nc3nc4cc(F)ccc4o3)CC2)c1=O. The molecular formula is C17H18FN5O2. The zero-order valence-corrected chi connectivity index (χ0v) is 13.8. The lowest BCUT2D eigenvalue weighted by Crippen LogP contribution is -2.42. The van der Waals surface area contributed by atoms with Gasteiger partial charge in [0, 0.05) is 44.6 Å². The summed E-state index contributed by atoms with van der Waals surface area (Å²) in [5, 5.41) is 3.26. The van der Waals surface area contributed by atoms with Crippen molar-refractivity contribution in [3.63, 3.8) is 0 Å². The minimum absolute atomic E-state index is 0.0881. The fraction of sp³-hybridized carbons (Fsp3) is 0.353. The van der Waals surface area contributed by atoms with Crippen molar-refractivity contribution in [2.24, 2.45) is 7.05 Å². The topological polar surface area (TPSA) is 76.2 Å². The van der Waals surface area contributed by atoms with Gasteiger partial charge >= 0.3 is 0 Å². The molecule has 2 aromatic heterocycles. The van der Waals surface area contributed by atoms with Gasteiger partial charge in [-0.25, -0.2) is 9.37 Å². The second-order valence-electron chi connectivity index (χ2n) is 6.20. The molecule has 0 atom stereocenters. The van der Waals surface area contributed by atoms with E-state index in [-0.39, 0.29) is 17.4 Å². The number of aryl methyl sites for hydroxylation is 1. The normalized spacial score (nSPS) is 15.7. The Hall–Kier alpha value is -2.90. The van der Waals surface area contributed by atoms with Crippen LogP contribution in [0.25, 0.3) is 11.1 Å². The first-order valence-corrected chi connectivity index (χ1v) is 8.19. The van der Waals surface area contributed by atoms with Crippen molar-refractivity contribution in [2.45, 2.75) is 18.9 Å². The quantitative estimate of drug-likeness (QED) is 0.785. The van der Waals surface area contributed by atoms with Crippen LogP contribution in [0.3, 0.4) is 0 Å². The molecule has 4 rings (SSSR count). The Kier molecular flexibility index (Phi) is 3.87. The van der Waals surface area contributed by atoms with E-state index in [2.05, 4.69) is 15.3 Å². The van der Waals surface area contributed by atoms with Crippen LogP contribution in [0.1, 0.15) is 12.8 Å². The zero-order valence-electron chi connectivity index (χ0n) is 13.8. The molecule has 25 heavy (non-hydrogen) atoms. The molecule has 3 aromatic rings. The second-order valence-corrected chi connectivity index (χ2v) is 6.20. The minimum atomic E-state index is -0.336. The Bertz CT molecular complexity index is 959. The van der Waals surface area contributed by atoms with Gasteiger partial charge in [-0.05, 0) is 25.0 Å². The van der Waals surface area contributed by atoms with Gasteiger partial charge in [0.1, 0.15) is 11.3 Å². The van der Waals surface area contributed by atoms with Gasteiger partial charge in [-0.1, -0.05) is 0 Å². The van der Waals surface area contributed by atoms with Crippen LogP contribution in [0.2, 0.25) is 0 Å². The molecule has 0 spiro atoms. The highest BCUT2D eigenvalue weighted by molar-refractivity contribution is 5.74. The molecule has 1 N–H and O–H groups in total. The number of hydrogen-bond acceptors (Lipinski definition) is 6. The molecule has 1 aromatic carbocycles. The highest BCUT2D eigenvalue weighted by Crippen LogP contribution is 2.23. The summed E-state index contributed by atoms with van der Waals surface area (Å²) in [5.74, 6) is 0.151. The summed E-state index contributed by atoms with van der Waals surface area (Å²) >= 11 is 0. The monoisotopic (exact) mass is 343 g/mol. The van der Waals surface area contributed by atoms with Crippen LogP contribution >= 0.6 is 0 Å². The zero-order chi connectivity index (χ0) is 17.4. The van der Waals surface area contributed by atoms with E-state index in [0.29, 0.717) is 22.9 Å². The van der Waals surface area contributed by atoms with E-state index in [9.17, 15) is 9.18 Å². The van der Waals surface area contributed by atoms with Crippen molar-refractivity contribution in [1.82, 2.24) is 14.5 Å². The summed E-state index contributed by atoms with van der Waals surface area (Å²) in [6.07, 6.45) is 4.94. The Balaban J connectivity index is 1.43. The summed E-state index contributed by atoms with van der Waals surface area (Å²) in [4.78, 5) is 22.6. The van der Waals surface area contributed by atoms with E-state index in [1.54, 1.807) is 25.5 Å². The van der Waals surface area contributed by atoms with Crippen LogP contribution < -0.4 is 15.8 Å². The molecule has 0 unspecified atom stereocenters. The first-order chi connectivity index (χ1) is 12.1. The van der Waals surface area contributed by atoms with Gasteiger partial charge in [-0.15, -0.1) is 0 Å². The van der Waals surface area contributed by atoms with Gasteiger partial charge in [-0.2, -0.15) is 4.98 Å². The van der Waals surface area contributed by atoms with Crippen LogP contribution in [-0.2, 0) is 7.05 Å². The number of aromatic nitrogens is 3. The lowest BCUT2D eigenvalue weighted by Gasteiger charge is -2.32. The molecule has 1 aliphatic heterocycles. The minimum Gasteiger partial charge on any atom is -0.424 e. The number of fused-ring (bicyclic) bond motifs is 1. The maximum Gasteiger partial charge on any atom is 0.295 e. The molecule has 0 saturated carbocycles. The number of nitrogens with one attached hydrogen (secondary N) is 1. The molecule has 0 radical (unpaired) electrons. The van der Waals surface area contributed by atoms with Crippen LogP contribution in [0.4, 0.5) is 16.2 Å². The van der Waals surface area contributed by atoms with E-state index in [1.807, 2.05) is 4.90 Å². The number of rotatable bonds is 3. The Morgan fingerprint density at radius 2 is 2.12 bits per heavy atom. The van der Waals surface area contributed by atoms with Gasteiger partial charge in [0.25, 0.3) is 11.6 Å². The maximum atomic E-state index is 13.2. The van der Waals surface area contributed by atoms with Gasteiger partial charge in [0.05, 0.1) is 0 Å². The molecule has 0 bridgehead atoms. The van der Waals surface area contributed by atoms with E-state index in [1.165, 1.54) is 16.7 Å². The van der Waals surface area contributed by atoms with Crippen molar-refractivity contribution < 1.29 is 8.81 Å². The number of piperidine rings is 1. The van der Waals surface area contributed by atoms with Crippen LogP contribution in [0.5, 0.6) is 0 Å². The Morgan fingerprint density at radius 3 is 2.92 bits per heavy atom. The molecule has 0 amide bonds. The molecule has 130 valence electrons. The third-order valence-corrected chi connectivity index (χ3v) is 4.47. The molecule has 8 heteroatoms. The third-order valence-electron chi connectivity index (χ3n) is 4.47. The number of nitrogens with zero attached hydrogens (tertiary/aromatic N) is 4. The van der Waals surface area contributed by atoms with Crippen LogP contribution in [0, 0.1) is 5.82 Å². The van der Waals surface area contributed by atoms with Gasteiger partial charge < -0.3 is 19.2 Å². The molecule has 0 aliphatic carbocycles. The largest absolute Gasteiger partial charge is 0.424 e. The van der Waals surface area contributed by atoms with Crippen LogP contribution in [-0.4, -0.2) is 33.7 Å². The smallest absolute Gasteiger partial charge is 0.295 e. The molecular weight excluding hydrogens is 325 g/mol. The molecule has 3 heterocycles. The maximum absolute atomic E-state index is 13.2. The van der Waals surface area contributed by atoms with Gasteiger partial charge in [0.2, 0.25) is 0 Å². The summed E-state index contributed by atoms with van der Waals surface area (Å²) in [6.45, 7) is 1.44. The first kappa shape index (κ1) is 15.6. The summed E-state index contributed by atoms with van der Waals surface area (Å²) < 4.78 is 20.4. The van der Waals surface area contributed by atoms with E-state index < -0.39 is 0 Å². The third kappa shape index (κ3) is 3.07. The lowest BCUT2D eigenvalue weighted by atomic mass is 10.1. The fourth-order valence-electron chi connectivity index (χ4n) is 3.07. The van der Waals surface area contributed by atoms with Crippen molar-refractivity contribution in [3.8, 4) is 0 Å². The van der Waals surface area contributed by atoms with Crippen molar-refractivity contribution >= 4 is 22.9 Å². The predicted octanol–water partition coefficient (Wildman–Crippen LogP) is 2.14. The summed E-state index contributed by atoms with van der Waals surface area (Å²) in [6, 6.07) is 4.85. The number of oxazole rings is 1. The highest BCUT2D eigenvalue weighted by Gasteiger charge is 2.23. The van der Waals surface area contributed by atoms with E-state index >= 15 is 0 Å². The Morgan fingerprint density at radius 1 is 1.32 bits per heavy atom. The van der Waals surface area contributed by atoms with Gasteiger partial charge in [-0.3, -0.25) is 4.79 Å². The fourth-order valence-corrected chi connectivity index (χ4v) is 3.07. The molecule has 1 aliphatic rings. The number of anilines is 2. The molecule has 1 saturated heterocycles. The van der Waals surface area contributed by atoms with E-state index in [4.69, 9.17) is 4.42 Å². The lowest BCUT2D eigenvalue weighted by molar-refractivity contribution is 0.501. The summed E-state index contributed by atoms with van der Waals surface area (Å²) in [5.41, 5.74) is 0.963. The van der Waals surface area contributed by atoms with Crippen LogP contribution in [0.15, 0.2) is 39.8 Å². The molecule has 7 nitrogen and oxygen atoms in total. The molecule has 1 fully saturated rings. The standard InChI is InChI=1S/C17H18FN5O2/c1-22-9-6-19-15(16(22)24)23-7-4-12(5-8-23)20-17-21-13-10-11(18)2-3-14(13)25-17/h2-3,6,9-10,12H,4-5,7-8H2,1H3,(H,20,21). The predicted molar refractivity (Wildman–Crippen MR) is 92.3 cm³/mol. The first-order valence-electron chi connectivity index (χ1n) is 8.19. The number of halogens is 1. The average molecular weight is 343 g/mol.